The number of hydrogen-bond acceptors (Lipinski definition) is 2. The molecule has 1 aromatic carbocycles. The van der Waals surface area contributed by atoms with E-state index in [4.69, 9.17) is 11.6 Å². The maximum Gasteiger partial charge on any atom is 0.152 e. The number of pyridine rings is 1. The molecule has 1 aliphatic carbocycles. The van der Waals surface area contributed by atoms with Crippen LogP contribution in [-0.2, 0) is 0 Å². The zero-order valence-corrected chi connectivity index (χ0v) is 12.2. The SMILES string of the molecule is Clc1ncccc1NC1CCCCC1c1ccccc1. The topological polar surface area (TPSA) is 24.9 Å². The monoisotopic (exact) mass is 286 g/mol. The van der Waals surface area contributed by atoms with Crippen LogP contribution in [0.15, 0.2) is 48.7 Å². The van der Waals surface area contributed by atoms with Gasteiger partial charge in [-0.15, -0.1) is 0 Å². The lowest BCUT2D eigenvalue weighted by Gasteiger charge is -2.33. The quantitative estimate of drug-likeness (QED) is 0.814. The molecule has 1 aliphatic rings. The highest BCUT2D eigenvalue weighted by Crippen LogP contribution is 2.35. The standard InChI is InChI=1S/C17H19ClN2/c18-17-16(11-6-12-19-17)20-15-10-5-4-9-14(15)13-7-2-1-3-8-13/h1-3,6-8,11-12,14-15,20H,4-5,9-10H2. The minimum Gasteiger partial charge on any atom is -0.379 e. The molecule has 1 aromatic heterocycles. The first-order valence-corrected chi connectivity index (χ1v) is 7.64. The van der Waals surface area contributed by atoms with Gasteiger partial charge in [-0.2, -0.15) is 0 Å². The van der Waals surface area contributed by atoms with Crippen LogP contribution >= 0.6 is 11.6 Å². The molecule has 2 nitrogen and oxygen atoms in total. The van der Waals surface area contributed by atoms with Crippen LogP contribution in [0.3, 0.4) is 0 Å². The van der Waals surface area contributed by atoms with E-state index in [2.05, 4.69) is 40.6 Å². The van der Waals surface area contributed by atoms with Crippen molar-refractivity contribution in [2.75, 3.05) is 5.32 Å². The second kappa shape index (κ2) is 6.27. The average molecular weight is 287 g/mol. The number of aromatic nitrogens is 1. The average Bonchev–Trinajstić information content (AvgIpc) is 2.51. The summed E-state index contributed by atoms with van der Waals surface area (Å²) >= 11 is 6.16. The Morgan fingerprint density at radius 3 is 2.60 bits per heavy atom. The molecular formula is C17H19ClN2. The summed E-state index contributed by atoms with van der Waals surface area (Å²) in [5.74, 6) is 0.557. The van der Waals surface area contributed by atoms with Crippen molar-refractivity contribution in [1.82, 2.24) is 4.98 Å². The summed E-state index contributed by atoms with van der Waals surface area (Å²) in [4.78, 5) is 4.15. The fraction of sp³-hybridized carbons (Fsp3) is 0.353. The van der Waals surface area contributed by atoms with Crippen LogP contribution in [0.5, 0.6) is 0 Å². The molecule has 0 spiro atoms. The Morgan fingerprint density at radius 2 is 1.80 bits per heavy atom. The number of anilines is 1. The summed E-state index contributed by atoms with van der Waals surface area (Å²) < 4.78 is 0. The second-order valence-electron chi connectivity index (χ2n) is 5.39. The van der Waals surface area contributed by atoms with Gasteiger partial charge in [-0.25, -0.2) is 4.98 Å². The van der Waals surface area contributed by atoms with Crippen molar-refractivity contribution in [3.05, 3.63) is 59.4 Å². The van der Waals surface area contributed by atoms with E-state index < -0.39 is 0 Å². The third kappa shape index (κ3) is 2.96. The molecule has 3 rings (SSSR count). The van der Waals surface area contributed by atoms with E-state index in [1.54, 1.807) is 6.20 Å². The number of nitrogens with zero attached hydrogens (tertiary/aromatic N) is 1. The van der Waals surface area contributed by atoms with Gasteiger partial charge >= 0.3 is 0 Å². The fourth-order valence-corrected chi connectivity index (χ4v) is 3.27. The molecule has 1 fully saturated rings. The maximum absolute atomic E-state index is 6.16. The Hall–Kier alpha value is -1.54. The van der Waals surface area contributed by atoms with Gasteiger partial charge in [0.2, 0.25) is 0 Å². The van der Waals surface area contributed by atoms with E-state index in [9.17, 15) is 0 Å². The number of halogens is 1. The van der Waals surface area contributed by atoms with Gasteiger partial charge in [-0.3, -0.25) is 0 Å². The van der Waals surface area contributed by atoms with E-state index in [0.717, 1.165) is 5.69 Å². The lowest BCUT2D eigenvalue weighted by molar-refractivity contribution is 0.405. The van der Waals surface area contributed by atoms with Crippen LogP contribution in [0.4, 0.5) is 5.69 Å². The highest BCUT2D eigenvalue weighted by molar-refractivity contribution is 6.31. The summed E-state index contributed by atoms with van der Waals surface area (Å²) in [6.45, 7) is 0. The number of rotatable bonds is 3. The smallest absolute Gasteiger partial charge is 0.152 e. The number of nitrogens with one attached hydrogen (secondary N) is 1. The molecule has 20 heavy (non-hydrogen) atoms. The molecule has 0 aliphatic heterocycles. The van der Waals surface area contributed by atoms with Crippen molar-refractivity contribution in [2.24, 2.45) is 0 Å². The summed E-state index contributed by atoms with van der Waals surface area (Å²) in [6, 6.07) is 15.2. The summed E-state index contributed by atoms with van der Waals surface area (Å²) in [5, 5.41) is 4.16. The predicted octanol–water partition coefficient (Wildman–Crippen LogP) is 4.87. The molecule has 1 heterocycles. The van der Waals surface area contributed by atoms with Crippen molar-refractivity contribution in [3.63, 3.8) is 0 Å². The maximum atomic E-state index is 6.16. The van der Waals surface area contributed by atoms with Crippen LogP contribution in [0.2, 0.25) is 5.15 Å². The van der Waals surface area contributed by atoms with Gasteiger partial charge in [0.25, 0.3) is 0 Å². The molecule has 1 N–H and O–H groups in total. The Kier molecular flexibility index (Phi) is 4.22. The first-order valence-electron chi connectivity index (χ1n) is 7.26. The number of hydrogen-bond donors (Lipinski definition) is 1. The summed E-state index contributed by atoms with van der Waals surface area (Å²) in [7, 11) is 0. The molecule has 3 heteroatoms. The van der Waals surface area contributed by atoms with Gasteiger partial charge in [0, 0.05) is 18.2 Å². The minimum atomic E-state index is 0.438. The summed E-state index contributed by atoms with van der Waals surface area (Å²) in [6.07, 6.45) is 6.73. The van der Waals surface area contributed by atoms with Crippen molar-refractivity contribution < 1.29 is 0 Å². The molecule has 1 saturated carbocycles. The van der Waals surface area contributed by atoms with E-state index in [1.807, 2.05) is 12.1 Å². The Bertz CT molecular complexity index is 556. The molecule has 2 atom stereocenters. The first kappa shape index (κ1) is 13.4. The minimum absolute atomic E-state index is 0.438. The van der Waals surface area contributed by atoms with Crippen LogP contribution < -0.4 is 5.32 Å². The molecule has 0 bridgehead atoms. The van der Waals surface area contributed by atoms with Gasteiger partial charge in [0.05, 0.1) is 5.69 Å². The molecule has 0 amide bonds. The van der Waals surface area contributed by atoms with Crippen molar-refractivity contribution in [1.29, 1.82) is 0 Å². The lowest BCUT2D eigenvalue weighted by Crippen LogP contribution is -2.30. The predicted molar refractivity (Wildman–Crippen MR) is 84.3 cm³/mol. The van der Waals surface area contributed by atoms with Gasteiger partial charge in [-0.1, -0.05) is 54.8 Å². The van der Waals surface area contributed by atoms with Crippen LogP contribution in [-0.4, -0.2) is 11.0 Å². The van der Waals surface area contributed by atoms with Gasteiger partial charge in [0.1, 0.15) is 0 Å². The molecular weight excluding hydrogens is 268 g/mol. The molecule has 0 radical (unpaired) electrons. The Labute approximate surface area is 125 Å². The van der Waals surface area contributed by atoms with Crippen molar-refractivity contribution >= 4 is 17.3 Å². The third-order valence-electron chi connectivity index (χ3n) is 4.09. The van der Waals surface area contributed by atoms with E-state index in [1.165, 1.54) is 31.2 Å². The Morgan fingerprint density at radius 1 is 1.00 bits per heavy atom. The highest BCUT2D eigenvalue weighted by atomic mass is 35.5. The highest BCUT2D eigenvalue weighted by Gasteiger charge is 2.26. The van der Waals surface area contributed by atoms with Crippen molar-refractivity contribution in [2.45, 2.75) is 37.6 Å². The fourth-order valence-electron chi connectivity index (χ4n) is 3.10. The number of benzene rings is 1. The summed E-state index contributed by atoms with van der Waals surface area (Å²) in [5.41, 5.74) is 2.37. The lowest BCUT2D eigenvalue weighted by atomic mass is 9.80. The van der Waals surface area contributed by atoms with Crippen LogP contribution in [0, 0.1) is 0 Å². The molecule has 2 aromatic rings. The van der Waals surface area contributed by atoms with Gasteiger partial charge in [0.15, 0.2) is 5.15 Å². The molecule has 104 valence electrons. The van der Waals surface area contributed by atoms with Gasteiger partial charge < -0.3 is 5.32 Å². The molecule has 0 saturated heterocycles. The second-order valence-corrected chi connectivity index (χ2v) is 5.75. The zero-order valence-electron chi connectivity index (χ0n) is 11.4. The van der Waals surface area contributed by atoms with Crippen molar-refractivity contribution in [3.8, 4) is 0 Å². The van der Waals surface area contributed by atoms with E-state index in [-0.39, 0.29) is 0 Å². The van der Waals surface area contributed by atoms with Crippen LogP contribution in [0.25, 0.3) is 0 Å². The largest absolute Gasteiger partial charge is 0.379 e. The molecule has 2 unspecified atom stereocenters. The van der Waals surface area contributed by atoms with E-state index in [0.29, 0.717) is 17.1 Å². The normalized spacial score (nSPS) is 22.4. The van der Waals surface area contributed by atoms with Gasteiger partial charge in [-0.05, 0) is 30.5 Å². The Balaban J connectivity index is 1.81. The third-order valence-corrected chi connectivity index (χ3v) is 4.39. The van der Waals surface area contributed by atoms with E-state index >= 15 is 0 Å². The zero-order chi connectivity index (χ0) is 13.8. The first-order chi connectivity index (χ1) is 9.84. The van der Waals surface area contributed by atoms with Crippen LogP contribution in [0.1, 0.15) is 37.2 Å².